The van der Waals surface area contributed by atoms with E-state index in [0.717, 1.165) is 27.9 Å². The van der Waals surface area contributed by atoms with Crippen LogP contribution in [0.3, 0.4) is 0 Å². The molecule has 0 bridgehead atoms. The van der Waals surface area contributed by atoms with E-state index >= 15 is 0 Å². The van der Waals surface area contributed by atoms with E-state index in [9.17, 15) is 4.79 Å². The fraction of sp³-hybridized carbons (Fsp3) is 0.118. The number of furan rings is 1. The van der Waals surface area contributed by atoms with E-state index in [1.807, 2.05) is 42.5 Å². The molecule has 0 saturated heterocycles. The van der Waals surface area contributed by atoms with Crippen molar-refractivity contribution in [1.29, 1.82) is 0 Å². The monoisotopic (exact) mass is 250 g/mol. The molecule has 0 aliphatic rings. The van der Waals surface area contributed by atoms with Crippen LogP contribution in [0.25, 0.3) is 22.3 Å². The third-order valence-corrected chi connectivity index (χ3v) is 3.25. The van der Waals surface area contributed by atoms with E-state index in [2.05, 4.69) is 13.0 Å². The number of carbonyl (C=O) groups is 1. The Morgan fingerprint density at radius 3 is 2.42 bits per heavy atom. The highest BCUT2D eigenvalue weighted by molar-refractivity contribution is 5.94. The molecule has 0 aliphatic carbocycles. The lowest BCUT2D eigenvalue weighted by atomic mass is 10.1. The smallest absolute Gasteiger partial charge is 0.159 e. The molecular formula is C17H14O2. The second kappa shape index (κ2) is 4.39. The SMILES string of the molecule is CC(=O)c1ccc(-c2cc3cc(C)ccc3o2)cc1. The van der Waals surface area contributed by atoms with Gasteiger partial charge in [0.15, 0.2) is 5.78 Å². The first kappa shape index (κ1) is 11.7. The lowest BCUT2D eigenvalue weighted by molar-refractivity contribution is 0.101. The highest BCUT2D eigenvalue weighted by Gasteiger charge is 2.07. The van der Waals surface area contributed by atoms with E-state index < -0.39 is 0 Å². The number of aryl methyl sites for hydroxylation is 1. The van der Waals surface area contributed by atoms with Crippen LogP contribution in [-0.4, -0.2) is 5.78 Å². The average Bonchev–Trinajstić information content (AvgIpc) is 2.81. The van der Waals surface area contributed by atoms with Gasteiger partial charge in [0.2, 0.25) is 0 Å². The third-order valence-electron chi connectivity index (χ3n) is 3.25. The third kappa shape index (κ3) is 2.17. The molecular weight excluding hydrogens is 236 g/mol. The summed E-state index contributed by atoms with van der Waals surface area (Å²) >= 11 is 0. The molecule has 0 fully saturated rings. The molecule has 2 nitrogen and oxygen atoms in total. The van der Waals surface area contributed by atoms with Gasteiger partial charge in [0.1, 0.15) is 11.3 Å². The number of fused-ring (bicyclic) bond motifs is 1. The summed E-state index contributed by atoms with van der Waals surface area (Å²) in [5, 5.41) is 1.10. The Hall–Kier alpha value is -2.35. The summed E-state index contributed by atoms with van der Waals surface area (Å²) in [5.41, 5.74) is 3.80. The van der Waals surface area contributed by atoms with E-state index in [1.165, 1.54) is 5.56 Å². The fourth-order valence-corrected chi connectivity index (χ4v) is 2.17. The van der Waals surface area contributed by atoms with Crippen molar-refractivity contribution in [2.75, 3.05) is 0 Å². The maximum Gasteiger partial charge on any atom is 0.159 e. The van der Waals surface area contributed by atoms with Gasteiger partial charge in [0.25, 0.3) is 0 Å². The molecule has 3 rings (SSSR count). The standard InChI is InChI=1S/C17H14O2/c1-11-3-8-16-15(9-11)10-17(19-16)14-6-4-13(5-7-14)12(2)18/h3-10H,1-2H3. The van der Waals surface area contributed by atoms with Gasteiger partial charge in [0.05, 0.1) is 0 Å². The molecule has 0 aliphatic heterocycles. The van der Waals surface area contributed by atoms with Gasteiger partial charge >= 0.3 is 0 Å². The molecule has 94 valence electrons. The van der Waals surface area contributed by atoms with Crippen LogP contribution in [0.15, 0.2) is 52.9 Å². The van der Waals surface area contributed by atoms with Crippen LogP contribution in [0.4, 0.5) is 0 Å². The highest BCUT2D eigenvalue weighted by Crippen LogP contribution is 2.28. The van der Waals surface area contributed by atoms with Crippen LogP contribution < -0.4 is 0 Å². The summed E-state index contributed by atoms with van der Waals surface area (Å²) in [6.45, 7) is 3.63. The second-order valence-corrected chi connectivity index (χ2v) is 4.79. The topological polar surface area (TPSA) is 30.2 Å². The van der Waals surface area contributed by atoms with Gasteiger partial charge in [-0.25, -0.2) is 0 Å². The van der Waals surface area contributed by atoms with Crippen LogP contribution in [0.5, 0.6) is 0 Å². The van der Waals surface area contributed by atoms with E-state index in [-0.39, 0.29) is 5.78 Å². The van der Waals surface area contributed by atoms with Crippen molar-refractivity contribution in [3.8, 4) is 11.3 Å². The van der Waals surface area contributed by atoms with E-state index in [0.29, 0.717) is 0 Å². The fourth-order valence-electron chi connectivity index (χ4n) is 2.17. The van der Waals surface area contributed by atoms with E-state index in [4.69, 9.17) is 4.42 Å². The molecule has 1 aromatic heterocycles. The van der Waals surface area contributed by atoms with Gasteiger partial charge in [-0.2, -0.15) is 0 Å². The highest BCUT2D eigenvalue weighted by atomic mass is 16.3. The maximum atomic E-state index is 11.2. The Morgan fingerprint density at radius 1 is 1.00 bits per heavy atom. The Labute approximate surface area is 111 Å². The number of rotatable bonds is 2. The average molecular weight is 250 g/mol. The van der Waals surface area contributed by atoms with Crippen LogP contribution in [0, 0.1) is 6.92 Å². The van der Waals surface area contributed by atoms with Crippen molar-refractivity contribution in [3.63, 3.8) is 0 Å². The summed E-state index contributed by atoms with van der Waals surface area (Å²) in [5.74, 6) is 0.905. The Morgan fingerprint density at radius 2 is 1.74 bits per heavy atom. The zero-order valence-corrected chi connectivity index (χ0v) is 10.9. The molecule has 0 unspecified atom stereocenters. The minimum atomic E-state index is 0.0757. The van der Waals surface area contributed by atoms with Crippen molar-refractivity contribution in [2.45, 2.75) is 13.8 Å². The molecule has 0 atom stereocenters. The minimum absolute atomic E-state index is 0.0757. The Kier molecular flexibility index (Phi) is 2.71. The summed E-state index contributed by atoms with van der Waals surface area (Å²) in [4.78, 5) is 11.2. The van der Waals surface area contributed by atoms with Gasteiger partial charge in [-0.05, 0) is 32.0 Å². The van der Waals surface area contributed by atoms with Gasteiger partial charge in [0, 0.05) is 16.5 Å². The lowest BCUT2D eigenvalue weighted by Crippen LogP contribution is -1.90. The summed E-state index contributed by atoms with van der Waals surface area (Å²) in [7, 11) is 0. The van der Waals surface area contributed by atoms with Gasteiger partial charge in [-0.3, -0.25) is 4.79 Å². The van der Waals surface area contributed by atoms with Crippen molar-refractivity contribution in [2.24, 2.45) is 0 Å². The largest absolute Gasteiger partial charge is 0.456 e. The van der Waals surface area contributed by atoms with Crippen LogP contribution in [0.1, 0.15) is 22.8 Å². The van der Waals surface area contributed by atoms with Gasteiger partial charge < -0.3 is 4.42 Å². The number of Topliss-reactive ketones (excluding diaryl/α,β-unsaturated/α-hetero) is 1. The molecule has 2 heteroatoms. The number of carbonyl (C=O) groups excluding carboxylic acids is 1. The molecule has 2 aromatic carbocycles. The maximum absolute atomic E-state index is 11.2. The molecule has 0 N–H and O–H groups in total. The molecule has 3 aromatic rings. The second-order valence-electron chi connectivity index (χ2n) is 4.79. The number of benzene rings is 2. The number of hydrogen-bond acceptors (Lipinski definition) is 2. The predicted molar refractivity (Wildman–Crippen MR) is 76.4 cm³/mol. The predicted octanol–water partition coefficient (Wildman–Crippen LogP) is 4.61. The summed E-state index contributed by atoms with van der Waals surface area (Å²) in [6, 6.07) is 15.7. The van der Waals surface area contributed by atoms with Gasteiger partial charge in [-0.1, -0.05) is 35.9 Å². The molecule has 1 heterocycles. The molecule has 0 amide bonds. The van der Waals surface area contributed by atoms with Gasteiger partial charge in [-0.15, -0.1) is 0 Å². The first-order valence-corrected chi connectivity index (χ1v) is 6.25. The van der Waals surface area contributed by atoms with Crippen molar-refractivity contribution in [3.05, 3.63) is 59.7 Å². The molecule has 0 spiro atoms. The summed E-state index contributed by atoms with van der Waals surface area (Å²) in [6.07, 6.45) is 0. The first-order chi connectivity index (χ1) is 9.13. The van der Waals surface area contributed by atoms with Crippen LogP contribution in [-0.2, 0) is 0 Å². The van der Waals surface area contributed by atoms with E-state index in [1.54, 1.807) is 6.92 Å². The molecule has 0 saturated carbocycles. The zero-order chi connectivity index (χ0) is 13.4. The molecule has 0 radical (unpaired) electrons. The zero-order valence-electron chi connectivity index (χ0n) is 10.9. The first-order valence-electron chi connectivity index (χ1n) is 6.25. The van der Waals surface area contributed by atoms with Crippen molar-refractivity contribution >= 4 is 16.8 Å². The Bertz CT molecular complexity index is 749. The quantitative estimate of drug-likeness (QED) is 0.622. The van der Waals surface area contributed by atoms with Crippen molar-refractivity contribution < 1.29 is 9.21 Å². The van der Waals surface area contributed by atoms with Crippen molar-refractivity contribution in [1.82, 2.24) is 0 Å². The number of ketones is 1. The Balaban J connectivity index is 2.06. The lowest BCUT2D eigenvalue weighted by Gasteiger charge is -1.98. The molecule has 19 heavy (non-hydrogen) atoms. The normalized spacial score (nSPS) is 10.8. The van der Waals surface area contributed by atoms with Crippen LogP contribution >= 0.6 is 0 Å². The van der Waals surface area contributed by atoms with Crippen LogP contribution in [0.2, 0.25) is 0 Å². The minimum Gasteiger partial charge on any atom is -0.456 e. The summed E-state index contributed by atoms with van der Waals surface area (Å²) < 4.78 is 5.82. The number of hydrogen-bond donors (Lipinski definition) is 0.